The second kappa shape index (κ2) is 8.81. The Labute approximate surface area is 155 Å². The molecule has 0 spiro atoms. The summed E-state index contributed by atoms with van der Waals surface area (Å²) in [5, 5.41) is 11.5. The molecule has 27 heavy (non-hydrogen) atoms. The topological polar surface area (TPSA) is 71.3 Å². The third-order valence-electron chi connectivity index (χ3n) is 3.41. The number of methoxy groups -OCH3 is 1. The highest BCUT2D eigenvalue weighted by molar-refractivity contribution is 6.09. The summed E-state index contributed by atoms with van der Waals surface area (Å²) in [7, 11) is 1.48. The monoisotopic (exact) mass is 372 g/mol. The average Bonchev–Trinajstić information content (AvgIpc) is 2.62. The van der Waals surface area contributed by atoms with Gasteiger partial charge in [0.2, 0.25) is 0 Å². The van der Waals surface area contributed by atoms with Gasteiger partial charge in [0.05, 0.1) is 18.9 Å². The molecule has 0 fully saturated rings. The van der Waals surface area contributed by atoms with E-state index >= 15 is 0 Å². The van der Waals surface area contributed by atoms with Gasteiger partial charge in [-0.15, -0.1) is 0 Å². The standard InChI is InChI=1S/C20H18F2N2O3/c1-12(2)27-18-7-4-13(9-19(18)26-3)8-14(11-23)20(25)24-17-6-5-15(21)10-16(17)22/h4-10,12H,1-3H3,(H,24,25)/b14-8+. The van der Waals surface area contributed by atoms with Crippen molar-refractivity contribution in [3.05, 3.63) is 59.2 Å². The third-order valence-corrected chi connectivity index (χ3v) is 3.41. The highest BCUT2D eigenvalue weighted by Gasteiger charge is 2.14. The Bertz CT molecular complexity index is 918. The van der Waals surface area contributed by atoms with Gasteiger partial charge in [0.15, 0.2) is 11.5 Å². The third kappa shape index (κ3) is 5.28. The van der Waals surface area contributed by atoms with Crippen LogP contribution in [0.15, 0.2) is 42.0 Å². The fourth-order valence-electron chi connectivity index (χ4n) is 2.22. The number of carbonyl (C=O) groups is 1. The first-order valence-corrected chi connectivity index (χ1v) is 8.07. The van der Waals surface area contributed by atoms with Gasteiger partial charge in [-0.25, -0.2) is 8.78 Å². The van der Waals surface area contributed by atoms with Crippen LogP contribution in [0.3, 0.4) is 0 Å². The number of anilines is 1. The van der Waals surface area contributed by atoms with Crippen LogP contribution >= 0.6 is 0 Å². The summed E-state index contributed by atoms with van der Waals surface area (Å²) < 4.78 is 37.5. The highest BCUT2D eigenvalue weighted by Crippen LogP contribution is 2.30. The Balaban J connectivity index is 2.26. The lowest BCUT2D eigenvalue weighted by molar-refractivity contribution is -0.112. The molecule has 0 aliphatic heterocycles. The number of ether oxygens (including phenoxy) is 2. The minimum atomic E-state index is -0.933. The second-order valence-electron chi connectivity index (χ2n) is 5.83. The maximum atomic E-state index is 13.7. The molecule has 2 rings (SSSR count). The number of benzene rings is 2. The summed E-state index contributed by atoms with van der Waals surface area (Å²) in [6.07, 6.45) is 1.28. The van der Waals surface area contributed by atoms with Crippen LogP contribution in [0, 0.1) is 23.0 Å². The smallest absolute Gasteiger partial charge is 0.266 e. The van der Waals surface area contributed by atoms with Crippen LogP contribution in [0.1, 0.15) is 19.4 Å². The summed E-state index contributed by atoms with van der Waals surface area (Å²) in [4.78, 5) is 12.2. The van der Waals surface area contributed by atoms with Crippen molar-refractivity contribution in [1.82, 2.24) is 0 Å². The number of hydrogen-bond acceptors (Lipinski definition) is 4. The first kappa shape index (κ1) is 19.9. The summed E-state index contributed by atoms with van der Waals surface area (Å²) in [5.74, 6) is -1.54. The van der Waals surface area contributed by atoms with Gasteiger partial charge < -0.3 is 14.8 Å². The van der Waals surface area contributed by atoms with E-state index in [2.05, 4.69) is 5.32 Å². The lowest BCUT2D eigenvalue weighted by Gasteiger charge is -2.14. The normalized spacial score (nSPS) is 11.1. The van der Waals surface area contributed by atoms with Crippen LogP contribution in [0.5, 0.6) is 11.5 Å². The Kier molecular flexibility index (Phi) is 6.50. The summed E-state index contributed by atoms with van der Waals surface area (Å²) in [6.45, 7) is 3.75. The van der Waals surface area contributed by atoms with Crippen molar-refractivity contribution in [3.63, 3.8) is 0 Å². The second-order valence-corrected chi connectivity index (χ2v) is 5.83. The lowest BCUT2D eigenvalue weighted by Crippen LogP contribution is -2.14. The molecule has 0 radical (unpaired) electrons. The maximum Gasteiger partial charge on any atom is 0.266 e. The molecule has 0 unspecified atom stereocenters. The molecule has 140 valence electrons. The molecule has 2 aromatic carbocycles. The van der Waals surface area contributed by atoms with Crippen molar-refractivity contribution in [1.29, 1.82) is 5.26 Å². The van der Waals surface area contributed by atoms with Gasteiger partial charge in [-0.1, -0.05) is 6.07 Å². The van der Waals surface area contributed by atoms with Gasteiger partial charge in [-0.05, 0) is 49.8 Å². The van der Waals surface area contributed by atoms with Crippen molar-refractivity contribution in [2.45, 2.75) is 20.0 Å². The fraction of sp³-hybridized carbons (Fsp3) is 0.200. The van der Waals surface area contributed by atoms with E-state index in [4.69, 9.17) is 9.47 Å². The minimum Gasteiger partial charge on any atom is -0.493 e. The zero-order chi connectivity index (χ0) is 20.0. The van der Waals surface area contributed by atoms with Crippen LogP contribution < -0.4 is 14.8 Å². The molecule has 0 bridgehead atoms. The predicted molar refractivity (Wildman–Crippen MR) is 97.3 cm³/mol. The fourth-order valence-corrected chi connectivity index (χ4v) is 2.22. The summed E-state index contributed by atoms with van der Waals surface area (Å²) in [6, 6.07) is 9.43. The molecule has 0 heterocycles. The van der Waals surface area contributed by atoms with Crippen LogP contribution in [-0.4, -0.2) is 19.1 Å². The SMILES string of the molecule is COc1cc(/C=C(\C#N)C(=O)Nc2ccc(F)cc2F)ccc1OC(C)C. The van der Waals surface area contributed by atoms with E-state index in [1.54, 1.807) is 24.3 Å². The number of nitrogens with zero attached hydrogens (tertiary/aromatic N) is 1. The van der Waals surface area contributed by atoms with Crippen molar-refractivity contribution in [3.8, 4) is 17.6 Å². The maximum absolute atomic E-state index is 13.7. The van der Waals surface area contributed by atoms with Crippen molar-refractivity contribution in [2.24, 2.45) is 0 Å². The summed E-state index contributed by atoms with van der Waals surface area (Å²) >= 11 is 0. The van der Waals surface area contributed by atoms with Crippen molar-refractivity contribution < 1.29 is 23.0 Å². The highest BCUT2D eigenvalue weighted by atomic mass is 19.1. The van der Waals surface area contributed by atoms with E-state index in [9.17, 15) is 18.8 Å². The van der Waals surface area contributed by atoms with Crippen LogP contribution in [0.25, 0.3) is 6.08 Å². The Morgan fingerprint density at radius 3 is 2.52 bits per heavy atom. The van der Waals surface area contributed by atoms with E-state index in [1.807, 2.05) is 13.8 Å². The molecule has 0 aromatic heterocycles. The zero-order valence-electron chi connectivity index (χ0n) is 15.0. The number of rotatable bonds is 6. The quantitative estimate of drug-likeness (QED) is 0.606. The van der Waals surface area contributed by atoms with Crippen LogP contribution in [-0.2, 0) is 4.79 Å². The molecule has 0 atom stereocenters. The number of carbonyl (C=O) groups excluding carboxylic acids is 1. The van der Waals surface area contributed by atoms with Gasteiger partial charge >= 0.3 is 0 Å². The van der Waals surface area contributed by atoms with E-state index in [1.165, 1.54) is 13.2 Å². The molecular formula is C20H18F2N2O3. The van der Waals surface area contributed by atoms with Crippen LogP contribution in [0.2, 0.25) is 0 Å². The molecule has 0 aliphatic rings. The number of nitrogens with one attached hydrogen (secondary N) is 1. The molecular weight excluding hydrogens is 354 g/mol. The molecule has 2 aromatic rings. The molecule has 1 N–H and O–H groups in total. The predicted octanol–water partition coefficient (Wildman–Crippen LogP) is 4.31. The molecule has 1 amide bonds. The Morgan fingerprint density at radius 1 is 1.19 bits per heavy atom. The van der Waals surface area contributed by atoms with Gasteiger partial charge in [0.1, 0.15) is 23.3 Å². The van der Waals surface area contributed by atoms with Crippen molar-refractivity contribution in [2.75, 3.05) is 12.4 Å². The number of hydrogen-bond donors (Lipinski definition) is 1. The Hall–Kier alpha value is -3.40. The molecule has 0 saturated carbocycles. The van der Waals surface area contributed by atoms with Gasteiger partial charge in [-0.3, -0.25) is 4.79 Å². The summed E-state index contributed by atoms with van der Waals surface area (Å²) in [5.41, 5.74) is 0.0494. The first-order valence-electron chi connectivity index (χ1n) is 8.07. The zero-order valence-corrected chi connectivity index (χ0v) is 15.0. The number of amides is 1. The first-order chi connectivity index (χ1) is 12.8. The minimum absolute atomic E-state index is 0.0497. The lowest BCUT2D eigenvalue weighted by atomic mass is 10.1. The number of nitriles is 1. The van der Waals surface area contributed by atoms with E-state index in [0.717, 1.165) is 12.1 Å². The average molecular weight is 372 g/mol. The van der Waals surface area contributed by atoms with E-state index in [-0.39, 0.29) is 17.4 Å². The molecule has 0 saturated heterocycles. The Morgan fingerprint density at radius 2 is 1.93 bits per heavy atom. The van der Waals surface area contributed by atoms with E-state index in [0.29, 0.717) is 23.1 Å². The number of halogens is 2. The molecule has 0 aliphatic carbocycles. The van der Waals surface area contributed by atoms with Crippen molar-refractivity contribution >= 4 is 17.7 Å². The van der Waals surface area contributed by atoms with Gasteiger partial charge in [0.25, 0.3) is 5.91 Å². The van der Waals surface area contributed by atoms with Gasteiger partial charge in [0, 0.05) is 6.07 Å². The molecule has 7 heteroatoms. The largest absolute Gasteiger partial charge is 0.493 e. The van der Waals surface area contributed by atoms with E-state index < -0.39 is 17.5 Å². The molecule has 5 nitrogen and oxygen atoms in total. The van der Waals surface area contributed by atoms with Gasteiger partial charge in [-0.2, -0.15) is 5.26 Å². The van der Waals surface area contributed by atoms with Crippen LogP contribution in [0.4, 0.5) is 14.5 Å².